The van der Waals surface area contributed by atoms with Gasteiger partial charge in [-0.2, -0.15) is 5.10 Å². The van der Waals surface area contributed by atoms with Gasteiger partial charge in [-0.05, 0) is 19.4 Å². The Labute approximate surface area is 127 Å². The summed E-state index contributed by atoms with van der Waals surface area (Å²) in [7, 11) is 1.84. The maximum atomic E-state index is 12.4. The molecule has 3 rings (SSSR count). The highest BCUT2D eigenvalue weighted by Crippen LogP contribution is 2.29. The van der Waals surface area contributed by atoms with E-state index in [1.54, 1.807) is 23.9 Å². The molecule has 0 spiro atoms. The molecule has 0 aliphatic carbocycles. The highest BCUT2D eigenvalue weighted by Gasteiger charge is 2.32. The van der Waals surface area contributed by atoms with Crippen molar-refractivity contribution in [2.75, 3.05) is 6.61 Å². The van der Waals surface area contributed by atoms with Crippen molar-refractivity contribution in [3.05, 3.63) is 51.7 Å². The van der Waals surface area contributed by atoms with E-state index in [-0.39, 0.29) is 23.6 Å². The number of aryl methyl sites for hydroxylation is 2. The van der Waals surface area contributed by atoms with E-state index in [9.17, 15) is 9.59 Å². The van der Waals surface area contributed by atoms with Crippen LogP contribution in [0.1, 0.15) is 34.1 Å². The van der Waals surface area contributed by atoms with E-state index < -0.39 is 0 Å². The fourth-order valence-corrected chi connectivity index (χ4v) is 2.72. The molecule has 0 bridgehead atoms. The quantitative estimate of drug-likeness (QED) is 0.872. The van der Waals surface area contributed by atoms with Crippen LogP contribution in [0.4, 0.5) is 0 Å². The van der Waals surface area contributed by atoms with Gasteiger partial charge in [-0.1, -0.05) is 0 Å². The molecule has 22 heavy (non-hydrogen) atoms. The number of carbonyl (C=O) groups is 1. The molecule has 7 nitrogen and oxygen atoms in total. The number of aromatic amines is 1. The summed E-state index contributed by atoms with van der Waals surface area (Å²) in [5, 5.41) is 7.13. The Morgan fingerprint density at radius 3 is 3.00 bits per heavy atom. The topological polar surface area (TPSA) is 89.0 Å². The maximum absolute atomic E-state index is 12.4. The number of amides is 1. The van der Waals surface area contributed by atoms with Gasteiger partial charge < -0.3 is 15.0 Å². The van der Waals surface area contributed by atoms with Crippen molar-refractivity contribution in [1.29, 1.82) is 0 Å². The molecule has 7 heteroatoms. The Balaban J connectivity index is 1.76. The second-order valence-electron chi connectivity index (χ2n) is 5.47. The largest absolute Gasteiger partial charge is 0.371 e. The number of H-pyrrole nitrogens is 1. The molecule has 1 saturated heterocycles. The third kappa shape index (κ3) is 2.80. The van der Waals surface area contributed by atoms with Crippen LogP contribution in [0.2, 0.25) is 0 Å². The zero-order chi connectivity index (χ0) is 15.7. The first-order valence-electron chi connectivity index (χ1n) is 7.15. The number of hydrogen-bond donors (Lipinski definition) is 2. The zero-order valence-electron chi connectivity index (χ0n) is 12.5. The predicted molar refractivity (Wildman–Crippen MR) is 79.6 cm³/mol. The van der Waals surface area contributed by atoms with Crippen LogP contribution in [-0.4, -0.2) is 33.3 Å². The average Bonchev–Trinajstić information content (AvgIpc) is 3.07. The Hall–Kier alpha value is -2.41. The number of nitrogens with zero attached hydrogens (tertiary/aromatic N) is 2. The summed E-state index contributed by atoms with van der Waals surface area (Å²) >= 11 is 0. The van der Waals surface area contributed by atoms with Gasteiger partial charge in [-0.15, -0.1) is 0 Å². The number of nitrogens with one attached hydrogen (secondary N) is 2. The standard InChI is InChI=1S/C15H18N4O3/c1-9-11(3-4-13(20)17-9)15(21)18-12-5-6-22-14(12)10-7-16-19(2)8-10/h3-4,7-8,12,14H,5-6H2,1-2H3,(H,17,20)(H,18,21)/t12-,14+/m0/s1. The predicted octanol–water partition coefficient (Wildman–Crippen LogP) is 0.677. The van der Waals surface area contributed by atoms with E-state index in [1.165, 1.54) is 6.07 Å². The lowest BCUT2D eigenvalue weighted by molar-refractivity contribution is 0.0820. The Kier molecular flexibility index (Phi) is 3.81. The van der Waals surface area contributed by atoms with Gasteiger partial charge in [0.25, 0.3) is 5.91 Å². The maximum Gasteiger partial charge on any atom is 0.253 e. The van der Waals surface area contributed by atoms with Gasteiger partial charge >= 0.3 is 0 Å². The number of rotatable bonds is 3. The molecule has 0 unspecified atom stereocenters. The first kappa shape index (κ1) is 14.5. The van der Waals surface area contributed by atoms with E-state index in [0.717, 1.165) is 12.0 Å². The Bertz CT molecular complexity index is 749. The number of aromatic nitrogens is 3. The van der Waals surface area contributed by atoms with E-state index >= 15 is 0 Å². The van der Waals surface area contributed by atoms with Gasteiger partial charge in [-0.25, -0.2) is 0 Å². The third-order valence-corrected chi connectivity index (χ3v) is 3.82. The molecule has 0 radical (unpaired) electrons. The lowest BCUT2D eigenvalue weighted by Gasteiger charge is -2.19. The molecule has 0 saturated carbocycles. The minimum absolute atomic E-state index is 0.108. The summed E-state index contributed by atoms with van der Waals surface area (Å²) in [5.41, 5.74) is 1.76. The molecule has 1 amide bonds. The Morgan fingerprint density at radius 1 is 1.50 bits per heavy atom. The van der Waals surface area contributed by atoms with Crippen LogP contribution in [0, 0.1) is 6.92 Å². The van der Waals surface area contributed by atoms with Crippen molar-refractivity contribution >= 4 is 5.91 Å². The normalized spacial score (nSPS) is 21.0. The number of carbonyl (C=O) groups excluding carboxylic acids is 1. The lowest BCUT2D eigenvalue weighted by Crippen LogP contribution is -2.37. The molecule has 3 heterocycles. The molecule has 116 valence electrons. The van der Waals surface area contributed by atoms with Crippen LogP contribution in [0.5, 0.6) is 0 Å². The molecule has 1 fully saturated rings. The molecule has 2 N–H and O–H groups in total. The van der Waals surface area contributed by atoms with E-state index in [0.29, 0.717) is 17.9 Å². The molecule has 1 aliphatic rings. The van der Waals surface area contributed by atoms with Crippen molar-refractivity contribution in [3.63, 3.8) is 0 Å². The summed E-state index contributed by atoms with van der Waals surface area (Å²) in [5.74, 6) is -0.210. The SMILES string of the molecule is Cc1[nH]c(=O)ccc1C(=O)N[C@H]1CCO[C@@H]1c1cnn(C)c1. The zero-order valence-corrected chi connectivity index (χ0v) is 12.5. The van der Waals surface area contributed by atoms with Crippen LogP contribution in [0.15, 0.2) is 29.3 Å². The van der Waals surface area contributed by atoms with Crippen LogP contribution in [0.25, 0.3) is 0 Å². The van der Waals surface area contributed by atoms with Gasteiger partial charge in [0, 0.05) is 37.2 Å². The first-order chi connectivity index (χ1) is 10.5. The minimum Gasteiger partial charge on any atom is -0.371 e. The molecule has 1 aliphatic heterocycles. The van der Waals surface area contributed by atoms with Crippen molar-refractivity contribution in [1.82, 2.24) is 20.1 Å². The minimum atomic E-state index is -0.216. The van der Waals surface area contributed by atoms with Gasteiger partial charge in [0.05, 0.1) is 17.8 Å². The first-order valence-corrected chi connectivity index (χ1v) is 7.15. The number of pyridine rings is 1. The van der Waals surface area contributed by atoms with Crippen LogP contribution in [0.3, 0.4) is 0 Å². The molecular formula is C15H18N4O3. The second-order valence-corrected chi connectivity index (χ2v) is 5.47. The van der Waals surface area contributed by atoms with Gasteiger partial charge in [0.15, 0.2) is 0 Å². The van der Waals surface area contributed by atoms with E-state index in [1.807, 2.05) is 13.2 Å². The van der Waals surface area contributed by atoms with Gasteiger partial charge in [-0.3, -0.25) is 14.3 Å². The van der Waals surface area contributed by atoms with Crippen molar-refractivity contribution < 1.29 is 9.53 Å². The molecule has 2 aromatic heterocycles. The smallest absolute Gasteiger partial charge is 0.253 e. The fraction of sp³-hybridized carbons (Fsp3) is 0.400. The van der Waals surface area contributed by atoms with Crippen molar-refractivity contribution in [2.24, 2.45) is 7.05 Å². The molecule has 0 aromatic carbocycles. The lowest BCUT2D eigenvalue weighted by atomic mass is 10.0. The molecular weight excluding hydrogens is 284 g/mol. The molecule has 2 aromatic rings. The van der Waals surface area contributed by atoms with Gasteiger partial charge in [0.2, 0.25) is 5.56 Å². The summed E-state index contributed by atoms with van der Waals surface area (Å²) < 4.78 is 7.44. The van der Waals surface area contributed by atoms with Crippen molar-refractivity contribution in [3.8, 4) is 0 Å². The van der Waals surface area contributed by atoms with E-state index in [4.69, 9.17) is 4.74 Å². The number of ether oxygens (including phenoxy) is 1. The summed E-state index contributed by atoms with van der Waals surface area (Å²) in [6.07, 6.45) is 4.19. The van der Waals surface area contributed by atoms with Crippen molar-refractivity contribution in [2.45, 2.75) is 25.5 Å². The molecule has 2 atom stereocenters. The summed E-state index contributed by atoms with van der Waals surface area (Å²) in [6.45, 7) is 2.30. The average molecular weight is 302 g/mol. The van der Waals surface area contributed by atoms with E-state index in [2.05, 4.69) is 15.4 Å². The fourth-order valence-electron chi connectivity index (χ4n) is 2.72. The summed E-state index contributed by atoms with van der Waals surface area (Å²) in [6, 6.07) is 2.78. The highest BCUT2D eigenvalue weighted by atomic mass is 16.5. The number of hydrogen-bond acceptors (Lipinski definition) is 4. The summed E-state index contributed by atoms with van der Waals surface area (Å²) in [4.78, 5) is 26.3. The van der Waals surface area contributed by atoms with Crippen LogP contribution >= 0.6 is 0 Å². The van der Waals surface area contributed by atoms with Crippen LogP contribution < -0.4 is 10.9 Å². The van der Waals surface area contributed by atoms with Gasteiger partial charge in [0.1, 0.15) is 6.10 Å². The monoisotopic (exact) mass is 302 g/mol. The van der Waals surface area contributed by atoms with Crippen LogP contribution in [-0.2, 0) is 11.8 Å². The third-order valence-electron chi connectivity index (χ3n) is 3.82. The second kappa shape index (κ2) is 5.76. The Morgan fingerprint density at radius 2 is 2.32 bits per heavy atom. The highest BCUT2D eigenvalue weighted by molar-refractivity contribution is 5.95.